The third kappa shape index (κ3) is 3.05. The van der Waals surface area contributed by atoms with E-state index < -0.39 is 0 Å². The van der Waals surface area contributed by atoms with Crippen LogP contribution in [0, 0.1) is 0 Å². The average Bonchev–Trinajstić information content (AvgIpc) is 2.10. The SMILES string of the molecule is C=CCN(C)Cc1ccc(Cl)cc1N. The monoisotopic (exact) mass is 210 g/mol. The van der Waals surface area contributed by atoms with Crippen LogP contribution < -0.4 is 5.73 Å². The summed E-state index contributed by atoms with van der Waals surface area (Å²) in [6.45, 7) is 5.35. The average molecular weight is 211 g/mol. The number of hydrogen-bond donors (Lipinski definition) is 1. The minimum Gasteiger partial charge on any atom is -0.398 e. The highest BCUT2D eigenvalue weighted by molar-refractivity contribution is 6.30. The van der Waals surface area contributed by atoms with E-state index in [-0.39, 0.29) is 0 Å². The second kappa shape index (κ2) is 5.03. The fourth-order valence-electron chi connectivity index (χ4n) is 1.29. The smallest absolute Gasteiger partial charge is 0.0426 e. The first kappa shape index (κ1) is 11.1. The summed E-state index contributed by atoms with van der Waals surface area (Å²) >= 11 is 5.80. The Kier molecular flexibility index (Phi) is 3.98. The fourth-order valence-corrected chi connectivity index (χ4v) is 1.47. The lowest BCUT2D eigenvalue weighted by molar-refractivity contribution is 0.364. The van der Waals surface area contributed by atoms with Crippen LogP contribution >= 0.6 is 11.6 Å². The predicted octanol–water partition coefficient (Wildman–Crippen LogP) is 2.54. The summed E-state index contributed by atoms with van der Waals surface area (Å²) in [6.07, 6.45) is 1.87. The van der Waals surface area contributed by atoms with Crippen LogP contribution in [0.2, 0.25) is 5.02 Å². The Balaban J connectivity index is 2.71. The van der Waals surface area contributed by atoms with Gasteiger partial charge in [-0.2, -0.15) is 0 Å². The summed E-state index contributed by atoms with van der Waals surface area (Å²) < 4.78 is 0. The maximum Gasteiger partial charge on any atom is 0.0426 e. The van der Waals surface area contributed by atoms with Gasteiger partial charge in [0.05, 0.1) is 0 Å². The van der Waals surface area contributed by atoms with Crippen LogP contribution in [-0.4, -0.2) is 18.5 Å². The van der Waals surface area contributed by atoms with Gasteiger partial charge in [-0.3, -0.25) is 4.90 Å². The van der Waals surface area contributed by atoms with Crippen molar-refractivity contribution in [1.82, 2.24) is 4.90 Å². The maximum atomic E-state index is 5.83. The number of nitrogens with zero attached hydrogens (tertiary/aromatic N) is 1. The molecule has 76 valence electrons. The van der Waals surface area contributed by atoms with E-state index in [2.05, 4.69) is 11.5 Å². The molecule has 2 nitrogen and oxygen atoms in total. The van der Waals surface area contributed by atoms with Gasteiger partial charge in [-0.25, -0.2) is 0 Å². The van der Waals surface area contributed by atoms with E-state index in [1.165, 1.54) is 0 Å². The number of hydrogen-bond acceptors (Lipinski definition) is 2. The van der Waals surface area contributed by atoms with E-state index >= 15 is 0 Å². The minimum atomic E-state index is 0.678. The summed E-state index contributed by atoms with van der Waals surface area (Å²) in [5.41, 5.74) is 7.67. The molecule has 0 heterocycles. The Hall–Kier alpha value is -0.990. The van der Waals surface area contributed by atoms with Crippen molar-refractivity contribution >= 4 is 17.3 Å². The molecule has 14 heavy (non-hydrogen) atoms. The number of likely N-dealkylation sites (N-methyl/N-ethyl adjacent to an activating group) is 1. The molecule has 0 fully saturated rings. The molecule has 2 N–H and O–H groups in total. The van der Waals surface area contributed by atoms with E-state index in [1.807, 2.05) is 25.3 Å². The van der Waals surface area contributed by atoms with Crippen molar-refractivity contribution in [1.29, 1.82) is 0 Å². The Morgan fingerprint density at radius 2 is 2.29 bits per heavy atom. The lowest BCUT2D eigenvalue weighted by Gasteiger charge is -2.15. The molecule has 3 heteroatoms. The van der Waals surface area contributed by atoms with Crippen molar-refractivity contribution < 1.29 is 0 Å². The van der Waals surface area contributed by atoms with Gasteiger partial charge in [0.2, 0.25) is 0 Å². The largest absolute Gasteiger partial charge is 0.398 e. The standard InChI is InChI=1S/C11H15ClN2/c1-3-6-14(2)8-9-4-5-10(12)7-11(9)13/h3-5,7H,1,6,8,13H2,2H3. The minimum absolute atomic E-state index is 0.678. The van der Waals surface area contributed by atoms with Crippen molar-refractivity contribution in [2.75, 3.05) is 19.3 Å². The number of benzene rings is 1. The number of rotatable bonds is 4. The molecule has 0 atom stereocenters. The quantitative estimate of drug-likeness (QED) is 0.612. The second-order valence-corrected chi connectivity index (χ2v) is 3.76. The van der Waals surface area contributed by atoms with Crippen LogP contribution in [0.4, 0.5) is 5.69 Å². The topological polar surface area (TPSA) is 29.3 Å². The van der Waals surface area contributed by atoms with Crippen LogP contribution in [0.3, 0.4) is 0 Å². The number of halogens is 1. The summed E-state index contributed by atoms with van der Waals surface area (Å²) in [5, 5.41) is 0.678. The van der Waals surface area contributed by atoms with Gasteiger partial charge in [-0.15, -0.1) is 6.58 Å². The van der Waals surface area contributed by atoms with Gasteiger partial charge in [0.1, 0.15) is 0 Å². The Morgan fingerprint density at radius 3 is 2.86 bits per heavy atom. The number of nitrogens with two attached hydrogens (primary N) is 1. The highest BCUT2D eigenvalue weighted by Gasteiger charge is 2.02. The van der Waals surface area contributed by atoms with E-state index in [9.17, 15) is 0 Å². The zero-order valence-electron chi connectivity index (χ0n) is 8.33. The molecule has 1 rings (SSSR count). The number of anilines is 1. The van der Waals surface area contributed by atoms with Crippen LogP contribution in [0.15, 0.2) is 30.9 Å². The molecular weight excluding hydrogens is 196 g/mol. The molecule has 0 aromatic heterocycles. The zero-order valence-corrected chi connectivity index (χ0v) is 9.09. The van der Waals surface area contributed by atoms with Gasteiger partial charge < -0.3 is 5.73 Å². The molecule has 0 bridgehead atoms. The Labute approximate surface area is 90.0 Å². The van der Waals surface area contributed by atoms with E-state index in [0.29, 0.717) is 5.02 Å². The first-order chi connectivity index (χ1) is 6.63. The third-order valence-corrected chi connectivity index (χ3v) is 2.22. The molecule has 0 aliphatic heterocycles. The molecule has 0 saturated heterocycles. The lowest BCUT2D eigenvalue weighted by Crippen LogP contribution is -2.18. The van der Waals surface area contributed by atoms with Gasteiger partial charge in [-0.05, 0) is 24.7 Å². The van der Waals surface area contributed by atoms with Gasteiger partial charge in [0.15, 0.2) is 0 Å². The van der Waals surface area contributed by atoms with Crippen LogP contribution in [0.1, 0.15) is 5.56 Å². The van der Waals surface area contributed by atoms with Crippen molar-refractivity contribution in [3.8, 4) is 0 Å². The molecular formula is C11H15ClN2. The van der Waals surface area contributed by atoms with Gasteiger partial charge in [0.25, 0.3) is 0 Å². The van der Waals surface area contributed by atoms with Crippen LogP contribution in [0.25, 0.3) is 0 Å². The summed E-state index contributed by atoms with van der Waals surface area (Å²) in [5.74, 6) is 0. The molecule has 0 spiro atoms. The van der Waals surface area contributed by atoms with Crippen molar-refractivity contribution in [2.45, 2.75) is 6.54 Å². The molecule has 1 aromatic rings. The maximum absolute atomic E-state index is 5.83. The summed E-state index contributed by atoms with van der Waals surface area (Å²) in [4.78, 5) is 2.13. The second-order valence-electron chi connectivity index (χ2n) is 3.33. The first-order valence-corrected chi connectivity index (χ1v) is 4.84. The number of nitrogen functional groups attached to an aromatic ring is 1. The van der Waals surface area contributed by atoms with Crippen molar-refractivity contribution in [3.63, 3.8) is 0 Å². The van der Waals surface area contributed by atoms with Crippen molar-refractivity contribution in [2.24, 2.45) is 0 Å². The highest BCUT2D eigenvalue weighted by atomic mass is 35.5. The highest BCUT2D eigenvalue weighted by Crippen LogP contribution is 2.18. The Bertz CT molecular complexity index is 323. The molecule has 0 aliphatic carbocycles. The molecule has 0 unspecified atom stereocenters. The zero-order chi connectivity index (χ0) is 10.6. The lowest BCUT2D eigenvalue weighted by atomic mass is 10.2. The summed E-state index contributed by atoms with van der Waals surface area (Å²) in [7, 11) is 2.02. The Morgan fingerprint density at radius 1 is 1.57 bits per heavy atom. The van der Waals surface area contributed by atoms with E-state index in [1.54, 1.807) is 6.07 Å². The fraction of sp³-hybridized carbons (Fsp3) is 0.273. The van der Waals surface area contributed by atoms with E-state index in [0.717, 1.165) is 24.3 Å². The normalized spacial score (nSPS) is 10.5. The molecule has 1 aromatic carbocycles. The van der Waals surface area contributed by atoms with E-state index in [4.69, 9.17) is 17.3 Å². The van der Waals surface area contributed by atoms with Crippen molar-refractivity contribution in [3.05, 3.63) is 41.4 Å². The van der Waals surface area contributed by atoms with Crippen LogP contribution in [-0.2, 0) is 6.54 Å². The van der Waals surface area contributed by atoms with Gasteiger partial charge >= 0.3 is 0 Å². The molecule has 0 amide bonds. The van der Waals surface area contributed by atoms with Crippen LogP contribution in [0.5, 0.6) is 0 Å². The summed E-state index contributed by atoms with van der Waals surface area (Å²) in [6, 6.07) is 5.59. The molecule has 0 aliphatic rings. The third-order valence-electron chi connectivity index (χ3n) is 1.99. The van der Waals surface area contributed by atoms with Gasteiger partial charge in [0, 0.05) is 23.8 Å². The molecule has 0 radical (unpaired) electrons. The van der Waals surface area contributed by atoms with Gasteiger partial charge in [-0.1, -0.05) is 23.7 Å². The first-order valence-electron chi connectivity index (χ1n) is 4.47. The predicted molar refractivity (Wildman–Crippen MR) is 62.4 cm³/mol. The molecule has 0 saturated carbocycles.